The number of ketones is 2. The van der Waals surface area contributed by atoms with Crippen molar-refractivity contribution in [2.45, 2.75) is 45.7 Å². The molecule has 8 atom stereocenters. The van der Waals surface area contributed by atoms with E-state index < -0.39 is 11.6 Å². The SMILES string of the molecule is COC1=C2C=C[C@H]3[C@@H]4C[C@@H](F)C(=O)[C@@]4(C)CC[C@@H]3[C@@]2(C)C2C[C@@H]2C1=O. The van der Waals surface area contributed by atoms with E-state index in [1.165, 1.54) is 0 Å². The second-order valence-electron chi connectivity index (χ2n) is 9.22. The first-order valence-corrected chi connectivity index (χ1v) is 9.53. The van der Waals surface area contributed by atoms with E-state index in [0.717, 1.165) is 24.8 Å². The summed E-state index contributed by atoms with van der Waals surface area (Å²) in [6.07, 6.45) is 5.91. The van der Waals surface area contributed by atoms with E-state index in [4.69, 9.17) is 4.74 Å². The minimum absolute atomic E-state index is 0.0812. The number of fused-ring (bicyclic) bond motifs is 7. The second kappa shape index (κ2) is 4.63. The number of halogens is 1. The maximum Gasteiger partial charge on any atom is 0.201 e. The van der Waals surface area contributed by atoms with Crippen LogP contribution in [0.3, 0.4) is 0 Å². The van der Waals surface area contributed by atoms with Crippen molar-refractivity contribution in [2.75, 3.05) is 7.11 Å². The summed E-state index contributed by atoms with van der Waals surface area (Å²) in [5.41, 5.74) is 0.451. The average molecular weight is 344 g/mol. The van der Waals surface area contributed by atoms with E-state index in [1.807, 2.05) is 6.92 Å². The van der Waals surface area contributed by atoms with Crippen LogP contribution in [0.4, 0.5) is 4.39 Å². The summed E-state index contributed by atoms with van der Waals surface area (Å²) in [5, 5.41) is 0. The number of carbonyl (C=O) groups is 2. The number of hydrogen-bond acceptors (Lipinski definition) is 3. The molecule has 0 N–H and O–H groups in total. The molecule has 3 fully saturated rings. The minimum atomic E-state index is -1.30. The number of carbonyl (C=O) groups excluding carboxylic acids is 2. The zero-order valence-corrected chi connectivity index (χ0v) is 15.0. The highest BCUT2D eigenvalue weighted by atomic mass is 19.1. The van der Waals surface area contributed by atoms with Crippen molar-refractivity contribution in [2.24, 2.45) is 40.4 Å². The Kier molecular flexibility index (Phi) is 2.92. The Morgan fingerprint density at radius 1 is 1.16 bits per heavy atom. The molecule has 0 heterocycles. The van der Waals surface area contributed by atoms with Crippen LogP contribution in [-0.2, 0) is 14.3 Å². The Hall–Kier alpha value is -1.45. The number of allylic oxidation sites excluding steroid dienone is 4. The molecule has 3 nitrogen and oxygen atoms in total. The number of alkyl halides is 1. The number of rotatable bonds is 1. The number of ether oxygens (including phenoxy) is 1. The third-order valence-electron chi connectivity index (χ3n) is 8.44. The third-order valence-corrected chi connectivity index (χ3v) is 8.44. The summed E-state index contributed by atoms with van der Waals surface area (Å²) in [5.74, 6) is 1.68. The summed E-state index contributed by atoms with van der Waals surface area (Å²) in [7, 11) is 1.59. The van der Waals surface area contributed by atoms with Gasteiger partial charge in [0.05, 0.1) is 7.11 Å². The molecule has 0 spiro atoms. The van der Waals surface area contributed by atoms with Gasteiger partial charge in [-0.2, -0.15) is 0 Å². The van der Waals surface area contributed by atoms with Gasteiger partial charge in [-0.3, -0.25) is 9.59 Å². The van der Waals surface area contributed by atoms with Crippen LogP contribution >= 0.6 is 0 Å². The Bertz CT molecular complexity index is 752. The van der Waals surface area contributed by atoms with E-state index in [2.05, 4.69) is 19.1 Å². The fourth-order valence-corrected chi connectivity index (χ4v) is 6.96. The van der Waals surface area contributed by atoms with Crippen molar-refractivity contribution in [3.05, 3.63) is 23.5 Å². The average Bonchev–Trinajstić information content (AvgIpc) is 3.36. The van der Waals surface area contributed by atoms with Gasteiger partial charge < -0.3 is 4.74 Å². The van der Waals surface area contributed by atoms with Crippen molar-refractivity contribution < 1.29 is 18.7 Å². The fourth-order valence-electron chi connectivity index (χ4n) is 6.96. The molecule has 0 aliphatic heterocycles. The molecule has 0 aromatic heterocycles. The summed E-state index contributed by atoms with van der Waals surface area (Å²) in [6.45, 7) is 4.26. The van der Waals surface area contributed by atoms with Crippen LogP contribution in [0.5, 0.6) is 0 Å². The van der Waals surface area contributed by atoms with Crippen LogP contribution in [0, 0.1) is 40.4 Å². The quantitative estimate of drug-likeness (QED) is 0.729. The lowest BCUT2D eigenvalue weighted by Crippen LogP contribution is -2.50. The molecule has 5 aliphatic carbocycles. The fraction of sp³-hybridized carbons (Fsp3) is 0.714. The van der Waals surface area contributed by atoms with E-state index in [0.29, 0.717) is 24.0 Å². The highest BCUT2D eigenvalue weighted by Gasteiger charge is 2.67. The van der Waals surface area contributed by atoms with E-state index in [-0.39, 0.29) is 34.7 Å². The van der Waals surface area contributed by atoms with Gasteiger partial charge in [-0.15, -0.1) is 0 Å². The van der Waals surface area contributed by atoms with Crippen LogP contribution < -0.4 is 0 Å². The van der Waals surface area contributed by atoms with Gasteiger partial charge in [0, 0.05) is 22.3 Å². The Balaban J connectivity index is 1.63. The van der Waals surface area contributed by atoms with E-state index >= 15 is 0 Å². The first-order chi connectivity index (χ1) is 11.8. The first kappa shape index (κ1) is 15.8. The molecular formula is C21H25FO3. The monoisotopic (exact) mass is 344 g/mol. The second-order valence-corrected chi connectivity index (χ2v) is 9.22. The minimum Gasteiger partial charge on any atom is -0.493 e. The smallest absolute Gasteiger partial charge is 0.201 e. The van der Waals surface area contributed by atoms with Crippen molar-refractivity contribution in [3.8, 4) is 0 Å². The van der Waals surface area contributed by atoms with Gasteiger partial charge in [0.25, 0.3) is 0 Å². The summed E-state index contributed by atoms with van der Waals surface area (Å²) in [6, 6.07) is 0. The van der Waals surface area contributed by atoms with Crippen molar-refractivity contribution in [3.63, 3.8) is 0 Å². The Morgan fingerprint density at radius 2 is 1.92 bits per heavy atom. The van der Waals surface area contributed by atoms with Crippen LogP contribution in [-0.4, -0.2) is 24.8 Å². The molecule has 0 aromatic rings. The van der Waals surface area contributed by atoms with Crippen molar-refractivity contribution >= 4 is 11.6 Å². The molecule has 5 aliphatic rings. The predicted octanol–water partition coefficient (Wildman–Crippen LogP) is 3.64. The van der Waals surface area contributed by atoms with Crippen LogP contribution in [0.25, 0.3) is 0 Å². The van der Waals surface area contributed by atoms with Crippen LogP contribution in [0.1, 0.15) is 39.5 Å². The summed E-state index contributed by atoms with van der Waals surface area (Å²) in [4.78, 5) is 25.0. The molecule has 134 valence electrons. The summed E-state index contributed by atoms with van der Waals surface area (Å²) < 4.78 is 19.8. The van der Waals surface area contributed by atoms with Gasteiger partial charge in [0.15, 0.2) is 17.7 Å². The molecule has 0 aromatic carbocycles. The zero-order chi connectivity index (χ0) is 17.7. The molecule has 5 rings (SSSR count). The lowest BCUT2D eigenvalue weighted by atomic mass is 9.49. The van der Waals surface area contributed by atoms with E-state index in [9.17, 15) is 14.0 Å². The molecule has 4 heteroatoms. The topological polar surface area (TPSA) is 43.4 Å². The molecule has 25 heavy (non-hydrogen) atoms. The molecule has 1 unspecified atom stereocenters. The zero-order valence-electron chi connectivity index (χ0n) is 15.0. The molecule has 0 saturated heterocycles. The molecule has 0 bridgehead atoms. The van der Waals surface area contributed by atoms with Gasteiger partial charge in [-0.25, -0.2) is 4.39 Å². The molecule has 0 amide bonds. The molecule has 3 saturated carbocycles. The Morgan fingerprint density at radius 3 is 2.64 bits per heavy atom. The van der Waals surface area contributed by atoms with Gasteiger partial charge in [-0.1, -0.05) is 26.0 Å². The highest BCUT2D eigenvalue weighted by molar-refractivity contribution is 6.00. The Labute approximate surface area is 147 Å². The molecule has 0 radical (unpaired) electrons. The lowest BCUT2D eigenvalue weighted by Gasteiger charge is -2.54. The largest absolute Gasteiger partial charge is 0.493 e. The maximum atomic E-state index is 14.3. The normalized spacial score (nSPS) is 53.1. The van der Waals surface area contributed by atoms with Gasteiger partial charge in [-0.05, 0) is 49.4 Å². The van der Waals surface area contributed by atoms with Crippen molar-refractivity contribution in [1.29, 1.82) is 0 Å². The first-order valence-electron chi connectivity index (χ1n) is 9.53. The summed E-state index contributed by atoms with van der Waals surface area (Å²) >= 11 is 0. The standard InChI is InChI=1S/C21H25FO3/c1-20-7-6-12-10(14(20)9-16(22)19(20)24)4-5-13-18(25-3)17(23)11-8-15(11)21(12,13)2/h4-5,10-12,14-16H,6-9H2,1-3H3/t10-,11+,12+,14+,15?,16-,20+,21-/m1/s1. The number of methoxy groups -OCH3 is 1. The predicted molar refractivity (Wildman–Crippen MR) is 90.2 cm³/mol. The van der Waals surface area contributed by atoms with Crippen LogP contribution in [0.2, 0.25) is 0 Å². The van der Waals surface area contributed by atoms with Gasteiger partial charge in [0.1, 0.15) is 0 Å². The van der Waals surface area contributed by atoms with Gasteiger partial charge in [0.2, 0.25) is 5.78 Å². The molecular weight excluding hydrogens is 319 g/mol. The third kappa shape index (κ3) is 1.67. The van der Waals surface area contributed by atoms with Crippen LogP contribution in [0.15, 0.2) is 23.5 Å². The maximum absolute atomic E-state index is 14.3. The highest BCUT2D eigenvalue weighted by Crippen LogP contribution is 2.70. The van der Waals surface area contributed by atoms with Gasteiger partial charge >= 0.3 is 0 Å². The number of Topliss-reactive ketones (excluding diaryl/α,β-unsaturated/α-hetero) is 2. The van der Waals surface area contributed by atoms with E-state index in [1.54, 1.807) is 7.11 Å². The number of hydrogen-bond donors (Lipinski definition) is 0. The van der Waals surface area contributed by atoms with Crippen molar-refractivity contribution in [1.82, 2.24) is 0 Å². The lowest BCUT2D eigenvalue weighted by molar-refractivity contribution is -0.133.